The zero-order valence-electron chi connectivity index (χ0n) is 16.9. The molecule has 1 aromatic carbocycles. The summed E-state index contributed by atoms with van der Waals surface area (Å²) in [6.07, 6.45) is 0.855. The van der Waals surface area contributed by atoms with E-state index in [9.17, 15) is 19.2 Å². The molecule has 3 aliphatic rings. The Morgan fingerprint density at radius 1 is 1.03 bits per heavy atom. The van der Waals surface area contributed by atoms with Crippen LogP contribution in [0.5, 0.6) is 0 Å². The fourth-order valence-corrected chi connectivity index (χ4v) is 4.35. The van der Waals surface area contributed by atoms with E-state index in [2.05, 4.69) is 10.9 Å². The van der Waals surface area contributed by atoms with Crippen LogP contribution in [0.3, 0.4) is 0 Å². The van der Waals surface area contributed by atoms with Gasteiger partial charge in [0.2, 0.25) is 0 Å². The molecule has 0 aromatic heterocycles. The van der Waals surface area contributed by atoms with E-state index in [-0.39, 0.29) is 25.2 Å². The van der Waals surface area contributed by atoms with Crippen LogP contribution in [0.1, 0.15) is 31.2 Å². The first-order valence-electron chi connectivity index (χ1n) is 10.3. The van der Waals surface area contributed by atoms with Crippen molar-refractivity contribution in [2.75, 3.05) is 13.1 Å². The van der Waals surface area contributed by atoms with Gasteiger partial charge in [-0.25, -0.2) is 9.59 Å². The van der Waals surface area contributed by atoms with Crippen LogP contribution in [-0.4, -0.2) is 75.1 Å². The average molecular weight is 431 g/mol. The lowest BCUT2D eigenvalue weighted by Gasteiger charge is -2.29. The van der Waals surface area contributed by atoms with E-state index >= 15 is 0 Å². The van der Waals surface area contributed by atoms with Crippen molar-refractivity contribution < 1.29 is 29.1 Å². The van der Waals surface area contributed by atoms with Gasteiger partial charge in [0, 0.05) is 13.1 Å². The molecule has 11 heteroatoms. The Morgan fingerprint density at radius 3 is 2.45 bits per heavy atom. The van der Waals surface area contributed by atoms with Crippen LogP contribution in [0, 0.1) is 0 Å². The Balaban J connectivity index is 1.30. The van der Waals surface area contributed by atoms with Gasteiger partial charge in [-0.2, -0.15) is 5.06 Å². The summed E-state index contributed by atoms with van der Waals surface area (Å²) in [5.74, 6) is -1.09. The fraction of sp³-hybridized carbons (Fsp3) is 0.500. The highest BCUT2D eigenvalue weighted by Crippen LogP contribution is 2.30. The molecule has 166 valence electrons. The standard InChI is InChI=1S/C20H25N5O6/c26-17(15-7-4-10-23(15)20(29)30)21-22-18(27)16-9-8-14-11-24(16)19(28)25(14)31-12-13-5-2-1-3-6-13/h1-3,5-6,14-16H,4,7-12H2,(H,21,26)(H,22,27)(H,29,30)/t14-,15+,16+/m1/s1. The molecule has 0 radical (unpaired) electrons. The summed E-state index contributed by atoms with van der Waals surface area (Å²) in [5.41, 5.74) is 5.60. The first-order valence-corrected chi connectivity index (χ1v) is 10.3. The summed E-state index contributed by atoms with van der Waals surface area (Å²) in [6, 6.07) is 7.43. The van der Waals surface area contributed by atoms with Crippen LogP contribution < -0.4 is 10.9 Å². The fourth-order valence-electron chi connectivity index (χ4n) is 4.35. The highest BCUT2D eigenvalue weighted by Gasteiger charge is 2.48. The second-order valence-corrected chi connectivity index (χ2v) is 7.88. The Bertz CT molecular complexity index is 865. The zero-order chi connectivity index (χ0) is 22.0. The van der Waals surface area contributed by atoms with Crippen molar-refractivity contribution in [2.45, 2.75) is 50.4 Å². The Labute approximate surface area is 178 Å². The van der Waals surface area contributed by atoms with Crippen molar-refractivity contribution in [3.8, 4) is 0 Å². The molecule has 0 saturated carbocycles. The maximum absolute atomic E-state index is 12.8. The summed E-state index contributed by atoms with van der Waals surface area (Å²) >= 11 is 0. The zero-order valence-corrected chi connectivity index (χ0v) is 16.9. The molecule has 3 N–H and O–H groups in total. The third-order valence-electron chi connectivity index (χ3n) is 5.95. The number of amides is 5. The Morgan fingerprint density at radius 2 is 1.74 bits per heavy atom. The van der Waals surface area contributed by atoms with Gasteiger partial charge in [0.1, 0.15) is 18.7 Å². The molecule has 1 aromatic rings. The first kappa shape index (κ1) is 20.9. The van der Waals surface area contributed by atoms with Crippen LogP contribution in [-0.2, 0) is 21.0 Å². The molecule has 2 bridgehead atoms. The topological polar surface area (TPSA) is 132 Å². The van der Waals surface area contributed by atoms with E-state index in [0.29, 0.717) is 32.2 Å². The molecule has 31 heavy (non-hydrogen) atoms. The van der Waals surface area contributed by atoms with Gasteiger partial charge < -0.3 is 10.0 Å². The van der Waals surface area contributed by atoms with E-state index in [1.54, 1.807) is 0 Å². The minimum Gasteiger partial charge on any atom is -0.465 e. The third-order valence-corrected chi connectivity index (χ3v) is 5.95. The molecule has 4 rings (SSSR count). The number of carboxylic acid groups (broad SMARTS) is 1. The van der Waals surface area contributed by atoms with Crippen LogP contribution in [0.4, 0.5) is 9.59 Å². The van der Waals surface area contributed by atoms with E-state index in [4.69, 9.17) is 9.94 Å². The monoisotopic (exact) mass is 431 g/mol. The predicted octanol–water partition coefficient (Wildman–Crippen LogP) is 0.677. The summed E-state index contributed by atoms with van der Waals surface area (Å²) in [7, 11) is 0. The van der Waals surface area contributed by atoms with Crippen molar-refractivity contribution in [2.24, 2.45) is 0 Å². The van der Waals surface area contributed by atoms with E-state index in [1.165, 1.54) is 9.96 Å². The normalized spacial score (nSPS) is 25.0. The Hall–Kier alpha value is -3.34. The van der Waals surface area contributed by atoms with Gasteiger partial charge in [-0.3, -0.25) is 30.2 Å². The summed E-state index contributed by atoms with van der Waals surface area (Å²) in [4.78, 5) is 57.1. The quantitative estimate of drug-likeness (QED) is 0.588. The molecule has 0 aliphatic carbocycles. The number of hydrogen-bond donors (Lipinski definition) is 3. The predicted molar refractivity (Wildman–Crippen MR) is 106 cm³/mol. The maximum Gasteiger partial charge on any atom is 0.407 e. The van der Waals surface area contributed by atoms with E-state index in [0.717, 1.165) is 10.5 Å². The first-order chi connectivity index (χ1) is 15.0. The highest BCUT2D eigenvalue weighted by molar-refractivity contribution is 5.91. The number of likely N-dealkylation sites (tertiary alicyclic amines) is 1. The third kappa shape index (κ3) is 4.26. The van der Waals surface area contributed by atoms with Crippen molar-refractivity contribution in [3.63, 3.8) is 0 Å². The van der Waals surface area contributed by atoms with Gasteiger partial charge in [-0.15, -0.1) is 0 Å². The average Bonchev–Trinajstić information content (AvgIpc) is 3.36. The van der Waals surface area contributed by atoms with Gasteiger partial charge in [0.25, 0.3) is 11.8 Å². The molecular weight excluding hydrogens is 406 g/mol. The number of carbonyl (C=O) groups excluding carboxylic acids is 3. The number of hydrazine groups is 1. The molecule has 11 nitrogen and oxygen atoms in total. The number of nitrogens with zero attached hydrogens (tertiary/aromatic N) is 3. The molecule has 0 unspecified atom stereocenters. The lowest BCUT2D eigenvalue weighted by molar-refractivity contribution is -0.140. The number of hydroxylamine groups is 2. The van der Waals surface area contributed by atoms with Crippen LogP contribution in [0.15, 0.2) is 30.3 Å². The number of piperidine rings is 1. The molecular formula is C20H25N5O6. The lowest BCUT2D eigenvalue weighted by Crippen LogP contribution is -2.57. The van der Waals surface area contributed by atoms with Crippen molar-refractivity contribution in [1.29, 1.82) is 0 Å². The molecule has 3 heterocycles. The largest absolute Gasteiger partial charge is 0.465 e. The molecule has 5 amide bonds. The number of hydrogen-bond acceptors (Lipinski definition) is 5. The van der Waals surface area contributed by atoms with E-state index in [1.807, 2.05) is 30.3 Å². The molecule has 3 saturated heterocycles. The van der Waals surface area contributed by atoms with Gasteiger partial charge in [-0.1, -0.05) is 30.3 Å². The van der Waals surface area contributed by atoms with Gasteiger partial charge in [0.15, 0.2) is 0 Å². The van der Waals surface area contributed by atoms with Crippen molar-refractivity contribution in [3.05, 3.63) is 35.9 Å². The Kier molecular flexibility index (Phi) is 5.94. The molecule has 3 atom stereocenters. The second-order valence-electron chi connectivity index (χ2n) is 7.88. The number of carbonyl (C=O) groups is 4. The maximum atomic E-state index is 12.8. The summed E-state index contributed by atoms with van der Waals surface area (Å²) in [6.45, 7) is 0.910. The van der Waals surface area contributed by atoms with Crippen molar-refractivity contribution in [1.82, 2.24) is 25.7 Å². The number of nitrogens with one attached hydrogen (secondary N) is 2. The summed E-state index contributed by atoms with van der Waals surface area (Å²) < 4.78 is 0. The van der Waals surface area contributed by atoms with Gasteiger partial charge >= 0.3 is 12.1 Å². The van der Waals surface area contributed by atoms with Crippen molar-refractivity contribution >= 4 is 23.9 Å². The lowest BCUT2D eigenvalue weighted by atomic mass is 10.0. The SMILES string of the molecule is O=C(NNC(=O)[C@@H]1CC[C@@H]2CN1C(=O)N2OCc1ccccc1)[C@@H]1CCCN1C(=O)O. The minimum absolute atomic E-state index is 0.127. The summed E-state index contributed by atoms with van der Waals surface area (Å²) in [5, 5.41) is 10.5. The van der Waals surface area contributed by atoms with Crippen LogP contribution >= 0.6 is 0 Å². The second kappa shape index (κ2) is 8.80. The number of urea groups is 1. The number of fused-ring (bicyclic) bond motifs is 2. The molecule has 3 fully saturated rings. The number of rotatable bonds is 5. The minimum atomic E-state index is -1.17. The number of benzene rings is 1. The van der Waals surface area contributed by atoms with Gasteiger partial charge in [-0.05, 0) is 31.2 Å². The van der Waals surface area contributed by atoms with Crippen LogP contribution in [0.25, 0.3) is 0 Å². The van der Waals surface area contributed by atoms with E-state index < -0.39 is 30.0 Å². The highest BCUT2D eigenvalue weighted by atomic mass is 16.7. The molecule has 3 aliphatic heterocycles. The van der Waals surface area contributed by atoms with Gasteiger partial charge in [0.05, 0.1) is 6.04 Å². The molecule has 0 spiro atoms. The van der Waals surface area contributed by atoms with Crippen LogP contribution in [0.2, 0.25) is 0 Å². The smallest absolute Gasteiger partial charge is 0.407 e.